The van der Waals surface area contributed by atoms with E-state index in [0.717, 1.165) is 49.9 Å². The van der Waals surface area contributed by atoms with E-state index in [1.807, 2.05) is 24.3 Å². The van der Waals surface area contributed by atoms with Crippen molar-refractivity contribution in [2.75, 3.05) is 33.4 Å². The molecule has 0 bridgehead atoms. The Kier molecular flexibility index (Phi) is 3.99. The summed E-state index contributed by atoms with van der Waals surface area (Å²) in [7, 11) is 1.65. The van der Waals surface area contributed by atoms with Crippen LogP contribution in [0.2, 0.25) is 0 Å². The molecule has 0 spiro atoms. The lowest BCUT2D eigenvalue weighted by molar-refractivity contribution is 0.0336. The Hall–Kier alpha value is -1.85. The SMILES string of the molecule is COc1ccc(-c2nc(CN3CCOCC3)co2)cc1. The Morgan fingerprint density at radius 3 is 2.65 bits per heavy atom. The second-order valence-electron chi connectivity index (χ2n) is 4.76. The van der Waals surface area contributed by atoms with E-state index in [9.17, 15) is 0 Å². The van der Waals surface area contributed by atoms with E-state index in [4.69, 9.17) is 13.9 Å². The van der Waals surface area contributed by atoms with Crippen LogP contribution in [0.25, 0.3) is 11.5 Å². The highest BCUT2D eigenvalue weighted by atomic mass is 16.5. The smallest absolute Gasteiger partial charge is 0.226 e. The van der Waals surface area contributed by atoms with Gasteiger partial charge in [-0.15, -0.1) is 0 Å². The predicted octanol–water partition coefficient (Wildman–Crippen LogP) is 2.18. The van der Waals surface area contributed by atoms with Crippen LogP contribution in [0.1, 0.15) is 5.69 Å². The molecular weight excluding hydrogens is 256 g/mol. The number of morpholine rings is 1. The molecule has 0 unspecified atom stereocenters. The van der Waals surface area contributed by atoms with E-state index in [1.54, 1.807) is 13.4 Å². The Morgan fingerprint density at radius 2 is 1.95 bits per heavy atom. The number of rotatable bonds is 4. The average Bonchev–Trinajstić information content (AvgIpc) is 2.97. The standard InChI is InChI=1S/C15H18N2O3/c1-18-14-4-2-12(3-5-14)15-16-13(11-20-15)10-17-6-8-19-9-7-17/h2-5,11H,6-10H2,1H3. The van der Waals surface area contributed by atoms with Crippen LogP contribution in [-0.4, -0.2) is 43.3 Å². The zero-order valence-electron chi connectivity index (χ0n) is 11.5. The molecule has 1 saturated heterocycles. The van der Waals surface area contributed by atoms with Crippen LogP contribution in [0, 0.1) is 0 Å². The molecule has 0 saturated carbocycles. The molecule has 5 nitrogen and oxygen atoms in total. The maximum Gasteiger partial charge on any atom is 0.226 e. The highest BCUT2D eigenvalue weighted by molar-refractivity contribution is 5.54. The molecule has 1 aromatic carbocycles. The highest BCUT2D eigenvalue weighted by Gasteiger charge is 2.13. The lowest BCUT2D eigenvalue weighted by atomic mass is 10.2. The van der Waals surface area contributed by atoms with Crippen molar-refractivity contribution in [1.29, 1.82) is 0 Å². The molecule has 0 amide bonds. The van der Waals surface area contributed by atoms with Crippen LogP contribution in [0.15, 0.2) is 34.9 Å². The van der Waals surface area contributed by atoms with E-state index in [-0.39, 0.29) is 0 Å². The molecule has 20 heavy (non-hydrogen) atoms. The number of nitrogens with zero attached hydrogens (tertiary/aromatic N) is 2. The molecule has 5 heteroatoms. The Balaban J connectivity index is 1.68. The van der Waals surface area contributed by atoms with E-state index in [0.29, 0.717) is 5.89 Å². The number of oxazole rings is 1. The molecule has 2 heterocycles. The zero-order chi connectivity index (χ0) is 13.8. The number of benzene rings is 1. The van der Waals surface area contributed by atoms with Crippen LogP contribution in [0.4, 0.5) is 0 Å². The van der Waals surface area contributed by atoms with E-state index in [2.05, 4.69) is 9.88 Å². The number of methoxy groups -OCH3 is 1. The van der Waals surface area contributed by atoms with Crippen molar-refractivity contribution in [2.45, 2.75) is 6.54 Å². The van der Waals surface area contributed by atoms with Gasteiger partial charge in [0.15, 0.2) is 0 Å². The largest absolute Gasteiger partial charge is 0.497 e. The molecule has 0 N–H and O–H groups in total. The number of ether oxygens (including phenoxy) is 2. The van der Waals surface area contributed by atoms with Gasteiger partial charge >= 0.3 is 0 Å². The molecule has 0 aliphatic carbocycles. The van der Waals surface area contributed by atoms with Gasteiger partial charge in [-0.2, -0.15) is 0 Å². The van der Waals surface area contributed by atoms with Gasteiger partial charge in [-0.05, 0) is 24.3 Å². The van der Waals surface area contributed by atoms with Crippen molar-refractivity contribution in [3.63, 3.8) is 0 Å². The van der Waals surface area contributed by atoms with Crippen LogP contribution < -0.4 is 4.74 Å². The van der Waals surface area contributed by atoms with Crippen molar-refractivity contribution in [1.82, 2.24) is 9.88 Å². The zero-order valence-corrected chi connectivity index (χ0v) is 11.5. The van der Waals surface area contributed by atoms with Crippen molar-refractivity contribution in [3.8, 4) is 17.2 Å². The molecule has 1 aliphatic heterocycles. The Morgan fingerprint density at radius 1 is 1.20 bits per heavy atom. The van der Waals surface area contributed by atoms with Crippen LogP contribution in [0.3, 0.4) is 0 Å². The summed E-state index contributed by atoms with van der Waals surface area (Å²) in [6.07, 6.45) is 1.73. The molecule has 0 radical (unpaired) electrons. The molecule has 2 aromatic rings. The van der Waals surface area contributed by atoms with Crippen LogP contribution in [-0.2, 0) is 11.3 Å². The van der Waals surface area contributed by atoms with Gasteiger partial charge in [0, 0.05) is 25.2 Å². The van der Waals surface area contributed by atoms with E-state index >= 15 is 0 Å². The lowest BCUT2D eigenvalue weighted by Gasteiger charge is -2.25. The van der Waals surface area contributed by atoms with Crippen molar-refractivity contribution >= 4 is 0 Å². The molecule has 0 atom stereocenters. The Labute approximate surface area is 118 Å². The van der Waals surface area contributed by atoms with Crippen molar-refractivity contribution in [3.05, 3.63) is 36.2 Å². The summed E-state index contributed by atoms with van der Waals surface area (Å²) in [5.41, 5.74) is 1.91. The minimum absolute atomic E-state index is 0.649. The third-order valence-electron chi connectivity index (χ3n) is 3.38. The summed E-state index contributed by atoms with van der Waals surface area (Å²) in [5.74, 6) is 1.48. The third kappa shape index (κ3) is 3.00. The predicted molar refractivity (Wildman–Crippen MR) is 74.6 cm³/mol. The molecule has 1 aromatic heterocycles. The van der Waals surface area contributed by atoms with Gasteiger partial charge in [0.1, 0.15) is 12.0 Å². The van der Waals surface area contributed by atoms with Crippen LogP contribution in [0.5, 0.6) is 5.75 Å². The Bertz CT molecular complexity index is 545. The van der Waals surface area contributed by atoms with E-state index < -0.39 is 0 Å². The fourth-order valence-electron chi connectivity index (χ4n) is 2.23. The summed E-state index contributed by atoms with van der Waals surface area (Å²) in [4.78, 5) is 6.86. The average molecular weight is 274 g/mol. The van der Waals surface area contributed by atoms with Gasteiger partial charge in [-0.3, -0.25) is 4.90 Å². The fourth-order valence-corrected chi connectivity index (χ4v) is 2.23. The lowest BCUT2D eigenvalue weighted by Crippen LogP contribution is -2.35. The topological polar surface area (TPSA) is 47.7 Å². The summed E-state index contributed by atoms with van der Waals surface area (Å²) < 4.78 is 16.0. The summed E-state index contributed by atoms with van der Waals surface area (Å²) >= 11 is 0. The molecular formula is C15H18N2O3. The first kappa shape index (κ1) is 13.1. The van der Waals surface area contributed by atoms with Crippen molar-refractivity contribution < 1.29 is 13.9 Å². The van der Waals surface area contributed by atoms with E-state index in [1.165, 1.54) is 0 Å². The highest BCUT2D eigenvalue weighted by Crippen LogP contribution is 2.22. The van der Waals surface area contributed by atoms with Crippen LogP contribution >= 0.6 is 0 Å². The maximum absolute atomic E-state index is 5.56. The molecule has 106 valence electrons. The van der Waals surface area contributed by atoms with Gasteiger partial charge < -0.3 is 13.9 Å². The quantitative estimate of drug-likeness (QED) is 0.855. The minimum Gasteiger partial charge on any atom is -0.497 e. The van der Waals surface area contributed by atoms with Gasteiger partial charge in [0.25, 0.3) is 0 Å². The molecule has 3 rings (SSSR count). The first-order chi connectivity index (χ1) is 9.85. The second kappa shape index (κ2) is 6.07. The summed E-state index contributed by atoms with van der Waals surface area (Å²) in [6.45, 7) is 4.30. The normalized spacial score (nSPS) is 16.2. The first-order valence-electron chi connectivity index (χ1n) is 6.74. The van der Waals surface area contributed by atoms with Crippen molar-refractivity contribution in [2.24, 2.45) is 0 Å². The van der Waals surface area contributed by atoms with Gasteiger partial charge in [0.2, 0.25) is 5.89 Å². The monoisotopic (exact) mass is 274 g/mol. The van der Waals surface area contributed by atoms with Gasteiger partial charge in [-0.1, -0.05) is 0 Å². The summed E-state index contributed by atoms with van der Waals surface area (Å²) in [6, 6.07) is 7.70. The van der Waals surface area contributed by atoms with Gasteiger partial charge in [0.05, 0.1) is 26.0 Å². The molecule has 1 fully saturated rings. The first-order valence-corrected chi connectivity index (χ1v) is 6.74. The summed E-state index contributed by atoms with van der Waals surface area (Å²) in [5, 5.41) is 0. The third-order valence-corrected chi connectivity index (χ3v) is 3.38. The fraction of sp³-hybridized carbons (Fsp3) is 0.400. The van der Waals surface area contributed by atoms with Gasteiger partial charge in [-0.25, -0.2) is 4.98 Å². The second-order valence-corrected chi connectivity index (χ2v) is 4.76. The number of hydrogen-bond acceptors (Lipinski definition) is 5. The molecule has 1 aliphatic rings. The number of aromatic nitrogens is 1. The number of hydrogen-bond donors (Lipinski definition) is 0. The maximum atomic E-state index is 5.56. The minimum atomic E-state index is 0.649.